The lowest BCUT2D eigenvalue weighted by atomic mass is 9.87. The highest BCUT2D eigenvalue weighted by molar-refractivity contribution is 7.98. The normalized spacial score (nSPS) is 15.4. The molecule has 1 amide bonds. The zero-order chi connectivity index (χ0) is 21.1. The molecule has 1 aliphatic heterocycles. The fourth-order valence-electron chi connectivity index (χ4n) is 3.61. The zero-order valence-corrected chi connectivity index (χ0v) is 17.7. The van der Waals surface area contributed by atoms with Gasteiger partial charge < -0.3 is 15.0 Å². The van der Waals surface area contributed by atoms with Gasteiger partial charge in [-0.25, -0.2) is 4.98 Å². The van der Waals surface area contributed by atoms with Crippen LogP contribution in [0, 0.1) is 6.92 Å². The van der Waals surface area contributed by atoms with Crippen LogP contribution in [0.3, 0.4) is 0 Å². The van der Waals surface area contributed by atoms with E-state index in [0.717, 1.165) is 11.3 Å². The fourth-order valence-corrected chi connectivity index (χ4v) is 4.55. The number of carbonyl (C=O) groups excluding carboxylic acids is 1. The molecule has 0 saturated carbocycles. The fraction of sp³-hybridized carbons (Fsp3) is 0.261. The van der Waals surface area contributed by atoms with Crippen molar-refractivity contribution in [1.29, 1.82) is 0 Å². The van der Waals surface area contributed by atoms with E-state index in [0.29, 0.717) is 28.9 Å². The maximum Gasteiger partial charge on any atom is 0.257 e. The summed E-state index contributed by atoms with van der Waals surface area (Å²) in [5.41, 5.74) is 3.50. The predicted molar refractivity (Wildman–Crippen MR) is 118 cm³/mol. The van der Waals surface area contributed by atoms with E-state index in [9.17, 15) is 9.59 Å². The molecule has 1 unspecified atom stereocenters. The number of fused-ring (bicyclic) bond motifs is 1. The molecular formula is C23H23N3O3S. The number of benzene rings is 2. The van der Waals surface area contributed by atoms with Crippen LogP contribution in [0.4, 0.5) is 5.82 Å². The van der Waals surface area contributed by atoms with Crippen LogP contribution in [-0.4, -0.2) is 22.5 Å². The van der Waals surface area contributed by atoms with Crippen molar-refractivity contribution < 1.29 is 9.53 Å². The molecule has 4 rings (SSSR count). The van der Waals surface area contributed by atoms with Crippen LogP contribution in [0.5, 0.6) is 5.75 Å². The number of hydrogen-bond acceptors (Lipinski definition) is 5. The number of aromatic nitrogens is 2. The highest BCUT2D eigenvalue weighted by Gasteiger charge is 2.31. The quantitative estimate of drug-likeness (QED) is 0.459. The van der Waals surface area contributed by atoms with Gasteiger partial charge in [0, 0.05) is 18.1 Å². The van der Waals surface area contributed by atoms with E-state index in [1.165, 1.54) is 22.9 Å². The molecule has 0 bridgehead atoms. The molecule has 0 saturated heterocycles. The standard InChI is InChI=1S/C23H23N3O3S/c1-3-29-17-10-6-9-15(11-17)18-12-19(27)24-21-20(18)22(28)26-23(25-21)30-13-16-8-5-4-7-14(16)2/h4-11,18H,3,12-13H2,1-2H3,(H2,24,25,26,27,28). The number of rotatable bonds is 6. The van der Waals surface area contributed by atoms with Crippen LogP contribution >= 0.6 is 11.8 Å². The zero-order valence-electron chi connectivity index (χ0n) is 16.9. The minimum absolute atomic E-state index is 0.151. The summed E-state index contributed by atoms with van der Waals surface area (Å²) in [6.45, 7) is 4.52. The average molecular weight is 422 g/mol. The molecule has 6 nitrogen and oxygen atoms in total. The number of ether oxygens (including phenoxy) is 1. The van der Waals surface area contributed by atoms with E-state index in [2.05, 4.69) is 34.3 Å². The van der Waals surface area contributed by atoms with Crippen molar-refractivity contribution in [2.75, 3.05) is 11.9 Å². The number of amides is 1. The van der Waals surface area contributed by atoms with Crippen molar-refractivity contribution in [2.45, 2.75) is 37.1 Å². The molecule has 30 heavy (non-hydrogen) atoms. The number of hydrogen-bond donors (Lipinski definition) is 2. The average Bonchev–Trinajstić information content (AvgIpc) is 2.73. The lowest BCUT2D eigenvalue weighted by Crippen LogP contribution is -2.31. The van der Waals surface area contributed by atoms with Gasteiger partial charge in [-0.2, -0.15) is 0 Å². The number of nitrogens with one attached hydrogen (secondary N) is 2. The van der Waals surface area contributed by atoms with Gasteiger partial charge in [-0.05, 0) is 42.7 Å². The van der Waals surface area contributed by atoms with E-state index in [1.807, 2.05) is 43.3 Å². The van der Waals surface area contributed by atoms with E-state index in [-0.39, 0.29) is 23.8 Å². The van der Waals surface area contributed by atoms with Gasteiger partial charge >= 0.3 is 0 Å². The van der Waals surface area contributed by atoms with Gasteiger partial charge in [0.1, 0.15) is 11.6 Å². The molecule has 7 heteroatoms. The second kappa shape index (κ2) is 8.75. The second-order valence-electron chi connectivity index (χ2n) is 7.16. The van der Waals surface area contributed by atoms with E-state index in [4.69, 9.17) is 4.74 Å². The van der Waals surface area contributed by atoms with Crippen LogP contribution in [0.1, 0.15) is 41.5 Å². The number of thioether (sulfide) groups is 1. The van der Waals surface area contributed by atoms with Crippen molar-refractivity contribution >= 4 is 23.5 Å². The summed E-state index contributed by atoms with van der Waals surface area (Å²) < 4.78 is 5.58. The Morgan fingerprint density at radius 1 is 1.17 bits per heavy atom. The predicted octanol–water partition coefficient (Wildman–Crippen LogP) is 4.24. The molecule has 3 aromatic rings. The van der Waals surface area contributed by atoms with Crippen molar-refractivity contribution in [3.8, 4) is 5.75 Å². The summed E-state index contributed by atoms with van der Waals surface area (Å²) in [5.74, 6) is 1.23. The third kappa shape index (κ3) is 4.26. The largest absolute Gasteiger partial charge is 0.494 e. The van der Waals surface area contributed by atoms with Crippen LogP contribution in [-0.2, 0) is 10.5 Å². The topological polar surface area (TPSA) is 84.1 Å². The summed E-state index contributed by atoms with van der Waals surface area (Å²) in [7, 11) is 0. The highest BCUT2D eigenvalue weighted by atomic mass is 32.2. The lowest BCUT2D eigenvalue weighted by molar-refractivity contribution is -0.116. The Balaban J connectivity index is 1.65. The molecule has 1 aliphatic rings. The maximum atomic E-state index is 13.0. The number of H-pyrrole nitrogens is 1. The van der Waals surface area contributed by atoms with Gasteiger partial charge in [-0.15, -0.1) is 0 Å². The number of aromatic amines is 1. The van der Waals surface area contributed by atoms with Crippen molar-refractivity contribution in [3.05, 3.63) is 81.1 Å². The van der Waals surface area contributed by atoms with E-state index in [1.54, 1.807) is 0 Å². The van der Waals surface area contributed by atoms with Crippen LogP contribution in [0.2, 0.25) is 0 Å². The molecule has 1 atom stereocenters. The van der Waals surface area contributed by atoms with E-state index >= 15 is 0 Å². The first-order chi connectivity index (χ1) is 14.5. The SMILES string of the molecule is CCOc1cccc(C2CC(=O)Nc3nc(SCc4ccccc4C)[nH]c(=O)c32)c1. The Bertz CT molecular complexity index is 1140. The van der Waals surface area contributed by atoms with Gasteiger partial charge in [0.25, 0.3) is 5.56 Å². The van der Waals surface area contributed by atoms with Crippen molar-refractivity contribution in [3.63, 3.8) is 0 Å². The number of carbonyl (C=O) groups is 1. The minimum atomic E-state index is -0.360. The molecule has 0 spiro atoms. The van der Waals surface area contributed by atoms with Gasteiger partial charge in [0.15, 0.2) is 5.16 Å². The lowest BCUT2D eigenvalue weighted by Gasteiger charge is -2.24. The van der Waals surface area contributed by atoms with Gasteiger partial charge in [-0.3, -0.25) is 9.59 Å². The summed E-state index contributed by atoms with van der Waals surface area (Å²) in [6.07, 6.45) is 0.197. The highest BCUT2D eigenvalue weighted by Crippen LogP contribution is 2.36. The summed E-state index contributed by atoms with van der Waals surface area (Å²) in [6, 6.07) is 15.6. The molecule has 154 valence electrons. The molecule has 0 fully saturated rings. The maximum absolute atomic E-state index is 13.0. The molecule has 2 heterocycles. The Hall–Kier alpha value is -3.06. The molecule has 2 N–H and O–H groups in total. The number of anilines is 1. The van der Waals surface area contributed by atoms with Crippen LogP contribution in [0.25, 0.3) is 0 Å². The Morgan fingerprint density at radius 3 is 2.80 bits per heavy atom. The molecule has 1 aromatic heterocycles. The Kier molecular flexibility index (Phi) is 5.90. The third-order valence-electron chi connectivity index (χ3n) is 5.13. The monoisotopic (exact) mass is 421 g/mol. The van der Waals surface area contributed by atoms with Gasteiger partial charge in [0.05, 0.1) is 12.2 Å². The smallest absolute Gasteiger partial charge is 0.257 e. The van der Waals surface area contributed by atoms with Crippen molar-refractivity contribution in [1.82, 2.24) is 9.97 Å². The molecule has 0 radical (unpaired) electrons. The Morgan fingerprint density at radius 2 is 2.00 bits per heavy atom. The van der Waals surface area contributed by atoms with Crippen LogP contribution in [0.15, 0.2) is 58.5 Å². The first kappa shape index (κ1) is 20.2. The summed E-state index contributed by atoms with van der Waals surface area (Å²) in [5, 5.41) is 3.27. The number of nitrogens with zero attached hydrogens (tertiary/aromatic N) is 1. The van der Waals surface area contributed by atoms with Gasteiger partial charge in [0.2, 0.25) is 5.91 Å². The van der Waals surface area contributed by atoms with Gasteiger partial charge in [-0.1, -0.05) is 48.2 Å². The summed E-state index contributed by atoms with van der Waals surface area (Å²) >= 11 is 1.44. The van der Waals surface area contributed by atoms with Crippen molar-refractivity contribution in [2.24, 2.45) is 0 Å². The third-order valence-corrected chi connectivity index (χ3v) is 6.05. The van der Waals surface area contributed by atoms with Crippen LogP contribution < -0.4 is 15.6 Å². The minimum Gasteiger partial charge on any atom is -0.494 e. The Labute approximate surface area is 179 Å². The molecular weight excluding hydrogens is 398 g/mol. The molecule has 0 aliphatic carbocycles. The second-order valence-corrected chi connectivity index (χ2v) is 8.12. The first-order valence-corrected chi connectivity index (χ1v) is 10.9. The van der Waals surface area contributed by atoms with E-state index < -0.39 is 0 Å². The number of aryl methyl sites for hydroxylation is 1. The molecule has 2 aromatic carbocycles. The summed E-state index contributed by atoms with van der Waals surface area (Å²) in [4.78, 5) is 32.8. The first-order valence-electron chi connectivity index (χ1n) is 9.89.